The molecule has 7 heteroatoms. The Labute approximate surface area is 232 Å². The Balaban J connectivity index is 1.52. The standard InChI is InChI=1S/C32H46O7/c1-17(33)38-25-16-23-28(2,3)24(34)12-14-31(23,7)22-11-13-30(6)19(9-10-21(30)32(22,25)8)18-15-20(39-27(18)36)26(35)29(4,5)37/h10,12,14,18-20,22-23,25-26,35,37H,9,11,13,15-16H2,1-8H3/t18-,19-,20+,22+,23-,25+,26-,30-,31+,32-/m0/s1. The summed E-state index contributed by atoms with van der Waals surface area (Å²) in [6, 6.07) is 0. The van der Waals surface area contributed by atoms with E-state index >= 15 is 0 Å². The second-order valence-corrected chi connectivity index (χ2v) is 14.8. The maximum atomic E-state index is 13.2. The number of carbonyl (C=O) groups is 3. The number of hydrogen-bond donors (Lipinski definition) is 2. The van der Waals surface area contributed by atoms with Gasteiger partial charge in [0.25, 0.3) is 0 Å². The molecule has 7 nitrogen and oxygen atoms in total. The van der Waals surface area contributed by atoms with Crippen molar-refractivity contribution >= 4 is 17.7 Å². The second-order valence-electron chi connectivity index (χ2n) is 14.8. The number of aliphatic hydroxyl groups is 2. The van der Waals surface area contributed by atoms with E-state index in [2.05, 4.69) is 32.9 Å². The van der Waals surface area contributed by atoms with Crippen molar-refractivity contribution in [3.8, 4) is 0 Å². The zero-order chi connectivity index (χ0) is 28.9. The van der Waals surface area contributed by atoms with E-state index in [9.17, 15) is 24.6 Å². The third kappa shape index (κ3) is 3.93. The lowest BCUT2D eigenvalue weighted by Gasteiger charge is -2.66. The number of cyclic esters (lactones) is 1. The summed E-state index contributed by atoms with van der Waals surface area (Å²) in [4.78, 5) is 38.6. The van der Waals surface area contributed by atoms with Gasteiger partial charge in [0, 0.05) is 24.2 Å². The third-order valence-electron chi connectivity index (χ3n) is 11.9. The molecule has 2 N–H and O–H groups in total. The molecule has 0 aromatic heterocycles. The smallest absolute Gasteiger partial charge is 0.309 e. The molecular formula is C32H46O7. The summed E-state index contributed by atoms with van der Waals surface area (Å²) in [7, 11) is 0. The van der Waals surface area contributed by atoms with Gasteiger partial charge in [-0.1, -0.05) is 52.3 Å². The highest BCUT2D eigenvalue weighted by atomic mass is 16.6. The first-order valence-electron chi connectivity index (χ1n) is 14.6. The van der Waals surface area contributed by atoms with Gasteiger partial charge in [-0.2, -0.15) is 0 Å². The number of rotatable bonds is 4. The van der Waals surface area contributed by atoms with E-state index in [-0.39, 0.29) is 58.3 Å². The van der Waals surface area contributed by atoms with Crippen molar-refractivity contribution < 1.29 is 34.1 Å². The van der Waals surface area contributed by atoms with Crippen LogP contribution in [0.25, 0.3) is 0 Å². The molecule has 4 aliphatic carbocycles. The summed E-state index contributed by atoms with van der Waals surface area (Å²) < 4.78 is 11.8. The molecule has 3 fully saturated rings. The zero-order valence-corrected chi connectivity index (χ0v) is 24.7. The van der Waals surface area contributed by atoms with Crippen LogP contribution in [-0.2, 0) is 23.9 Å². The van der Waals surface area contributed by atoms with Gasteiger partial charge in [0.15, 0.2) is 5.78 Å². The van der Waals surface area contributed by atoms with E-state index in [0.717, 1.165) is 12.8 Å². The summed E-state index contributed by atoms with van der Waals surface area (Å²) in [5.41, 5.74) is -1.66. The molecule has 0 aromatic rings. The Morgan fingerprint density at radius 1 is 1.13 bits per heavy atom. The summed E-state index contributed by atoms with van der Waals surface area (Å²) >= 11 is 0. The van der Waals surface area contributed by atoms with Crippen LogP contribution in [0.15, 0.2) is 23.8 Å². The molecule has 0 radical (unpaired) electrons. The Morgan fingerprint density at radius 3 is 2.41 bits per heavy atom. The summed E-state index contributed by atoms with van der Waals surface area (Å²) in [5.74, 6) is -0.672. The number of ether oxygens (including phenoxy) is 2. The molecule has 0 spiro atoms. The lowest BCUT2D eigenvalue weighted by atomic mass is 9.38. The van der Waals surface area contributed by atoms with E-state index in [4.69, 9.17) is 9.47 Å². The number of ketones is 1. The van der Waals surface area contributed by atoms with Gasteiger partial charge in [-0.3, -0.25) is 14.4 Å². The van der Waals surface area contributed by atoms with E-state index in [1.165, 1.54) is 26.3 Å². The first-order valence-corrected chi connectivity index (χ1v) is 14.6. The van der Waals surface area contributed by atoms with Gasteiger partial charge >= 0.3 is 11.9 Å². The topological polar surface area (TPSA) is 110 Å². The van der Waals surface area contributed by atoms with Crippen LogP contribution in [0.2, 0.25) is 0 Å². The second kappa shape index (κ2) is 8.75. The quantitative estimate of drug-likeness (QED) is 0.396. The van der Waals surface area contributed by atoms with Crippen molar-refractivity contribution in [1.82, 2.24) is 0 Å². The minimum atomic E-state index is -1.37. The number of allylic oxidation sites excluding steroid dienone is 3. The molecule has 5 aliphatic rings. The Hall–Kier alpha value is -1.99. The average Bonchev–Trinajstić information content (AvgIpc) is 3.36. The van der Waals surface area contributed by atoms with E-state index < -0.39 is 28.6 Å². The summed E-state index contributed by atoms with van der Waals surface area (Å²) in [6.45, 7) is 15.3. The van der Waals surface area contributed by atoms with Crippen LogP contribution in [0.4, 0.5) is 0 Å². The molecule has 1 saturated heterocycles. The molecule has 5 rings (SSSR count). The van der Waals surface area contributed by atoms with Gasteiger partial charge in [-0.15, -0.1) is 0 Å². The minimum absolute atomic E-state index is 0.000189. The Morgan fingerprint density at radius 2 is 1.79 bits per heavy atom. The molecule has 0 amide bonds. The number of hydrogen-bond acceptors (Lipinski definition) is 7. The van der Waals surface area contributed by atoms with Gasteiger partial charge in [-0.05, 0) is 74.2 Å². The van der Waals surface area contributed by atoms with Gasteiger partial charge in [0.2, 0.25) is 0 Å². The first kappa shape index (κ1) is 28.5. The maximum absolute atomic E-state index is 13.2. The molecule has 2 saturated carbocycles. The Bertz CT molecular complexity index is 1140. The molecule has 39 heavy (non-hydrogen) atoms. The van der Waals surface area contributed by atoms with E-state index in [1.54, 1.807) is 6.08 Å². The average molecular weight is 543 g/mol. The van der Waals surface area contributed by atoms with Crippen LogP contribution in [0.1, 0.15) is 87.5 Å². The predicted molar refractivity (Wildman–Crippen MR) is 145 cm³/mol. The highest BCUT2D eigenvalue weighted by Crippen LogP contribution is 2.72. The fourth-order valence-electron chi connectivity index (χ4n) is 9.87. The van der Waals surface area contributed by atoms with E-state index in [1.807, 2.05) is 13.8 Å². The first-order chi connectivity index (χ1) is 17.9. The zero-order valence-electron chi connectivity index (χ0n) is 24.7. The molecule has 0 bridgehead atoms. The van der Waals surface area contributed by atoms with Gasteiger partial charge in [-0.25, -0.2) is 0 Å². The van der Waals surface area contributed by atoms with E-state index in [0.29, 0.717) is 19.3 Å². The molecular weight excluding hydrogens is 496 g/mol. The van der Waals surface area contributed by atoms with Crippen molar-refractivity contribution in [3.63, 3.8) is 0 Å². The molecule has 1 heterocycles. The maximum Gasteiger partial charge on any atom is 0.309 e. The van der Waals surface area contributed by atoms with Crippen LogP contribution in [0.5, 0.6) is 0 Å². The largest absolute Gasteiger partial charge is 0.462 e. The van der Waals surface area contributed by atoms with Crippen molar-refractivity contribution in [2.24, 2.45) is 45.3 Å². The van der Waals surface area contributed by atoms with Gasteiger partial charge in [0.1, 0.15) is 18.3 Å². The van der Waals surface area contributed by atoms with Crippen LogP contribution >= 0.6 is 0 Å². The molecule has 1 aliphatic heterocycles. The fraction of sp³-hybridized carbons (Fsp3) is 0.781. The molecule has 10 atom stereocenters. The Kier molecular flexibility index (Phi) is 6.40. The highest BCUT2D eigenvalue weighted by Gasteiger charge is 2.69. The van der Waals surface area contributed by atoms with Crippen molar-refractivity contribution in [2.45, 2.75) is 111 Å². The minimum Gasteiger partial charge on any atom is -0.462 e. The van der Waals surface area contributed by atoms with Crippen molar-refractivity contribution in [2.75, 3.05) is 0 Å². The fourth-order valence-corrected chi connectivity index (χ4v) is 9.87. The highest BCUT2D eigenvalue weighted by molar-refractivity contribution is 5.95. The SMILES string of the molecule is CC(=O)O[C@@H]1C[C@H]2C(C)(C)C(=O)C=C[C@]2(C)[C@H]2CC[C@]3(C)C(=CC[C@H]3[C@@H]3C[C@H]([C@H](O)C(C)(C)O)OC3=O)[C@@]21C. The monoisotopic (exact) mass is 542 g/mol. The van der Waals surface area contributed by atoms with Crippen molar-refractivity contribution in [1.29, 1.82) is 0 Å². The summed E-state index contributed by atoms with van der Waals surface area (Å²) in [6.07, 6.45) is 7.37. The van der Waals surface area contributed by atoms with Gasteiger partial charge in [0.05, 0.1) is 11.5 Å². The third-order valence-corrected chi connectivity index (χ3v) is 11.9. The summed E-state index contributed by atoms with van der Waals surface area (Å²) in [5, 5.41) is 21.0. The van der Waals surface area contributed by atoms with Crippen LogP contribution in [-0.4, -0.2) is 51.8 Å². The van der Waals surface area contributed by atoms with Crippen LogP contribution in [0, 0.1) is 45.3 Å². The van der Waals surface area contributed by atoms with Crippen LogP contribution in [0.3, 0.4) is 0 Å². The lowest BCUT2D eigenvalue weighted by Crippen LogP contribution is -2.64. The number of carbonyl (C=O) groups excluding carboxylic acids is 3. The normalized spacial score (nSPS) is 45.5. The molecule has 0 unspecified atom stereocenters. The van der Waals surface area contributed by atoms with Gasteiger partial charge < -0.3 is 19.7 Å². The lowest BCUT2D eigenvalue weighted by molar-refractivity contribution is -0.188. The molecule has 216 valence electrons. The van der Waals surface area contributed by atoms with Crippen molar-refractivity contribution in [3.05, 3.63) is 23.8 Å². The molecule has 0 aromatic carbocycles. The number of aliphatic hydroxyl groups excluding tert-OH is 1. The number of esters is 2. The van der Waals surface area contributed by atoms with Crippen LogP contribution < -0.4 is 0 Å². The number of fused-ring (bicyclic) bond motifs is 5. The predicted octanol–water partition coefficient (Wildman–Crippen LogP) is 4.54.